The highest BCUT2D eigenvalue weighted by molar-refractivity contribution is 7.80. The number of esters is 1. The number of benzene rings is 1. The van der Waals surface area contributed by atoms with E-state index in [-0.39, 0.29) is 12.0 Å². The van der Waals surface area contributed by atoms with Crippen LogP contribution in [0.3, 0.4) is 0 Å². The van der Waals surface area contributed by atoms with E-state index in [2.05, 4.69) is 10.6 Å². The number of ether oxygens (including phenoxy) is 1. The topological polar surface area (TPSA) is 50.4 Å². The van der Waals surface area contributed by atoms with Crippen molar-refractivity contribution in [2.24, 2.45) is 0 Å². The Kier molecular flexibility index (Phi) is 3.85. The first-order chi connectivity index (χ1) is 9.02. The molecule has 0 aromatic heterocycles. The summed E-state index contributed by atoms with van der Waals surface area (Å²) in [5.41, 5.74) is 3.43. The van der Waals surface area contributed by atoms with Crippen LogP contribution in [0.2, 0.25) is 0 Å². The number of rotatable bonds is 2. The molecule has 1 heterocycles. The van der Waals surface area contributed by atoms with E-state index in [0.29, 0.717) is 10.7 Å². The molecule has 0 saturated carbocycles. The van der Waals surface area contributed by atoms with Crippen LogP contribution in [-0.4, -0.2) is 18.2 Å². The smallest absolute Gasteiger partial charge is 0.337 e. The molecule has 1 aromatic carbocycles. The molecule has 0 bridgehead atoms. The Morgan fingerprint density at radius 1 is 1.26 bits per heavy atom. The van der Waals surface area contributed by atoms with Crippen molar-refractivity contribution in [2.45, 2.75) is 19.9 Å². The number of nitrogens with one attached hydrogen (secondary N) is 2. The summed E-state index contributed by atoms with van der Waals surface area (Å²) in [5.74, 6) is -0.356. The van der Waals surface area contributed by atoms with Gasteiger partial charge in [0.1, 0.15) is 0 Å². The molecule has 19 heavy (non-hydrogen) atoms. The Morgan fingerprint density at radius 2 is 1.89 bits per heavy atom. The molecule has 4 nitrogen and oxygen atoms in total. The van der Waals surface area contributed by atoms with Crippen LogP contribution in [-0.2, 0) is 9.53 Å². The average molecular weight is 276 g/mol. The van der Waals surface area contributed by atoms with Gasteiger partial charge in [0.15, 0.2) is 5.11 Å². The normalized spacial score (nSPS) is 18.7. The van der Waals surface area contributed by atoms with E-state index >= 15 is 0 Å². The highest BCUT2D eigenvalue weighted by Crippen LogP contribution is 2.27. The molecule has 0 saturated heterocycles. The van der Waals surface area contributed by atoms with E-state index in [0.717, 1.165) is 11.3 Å². The van der Waals surface area contributed by atoms with E-state index in [1.165, 1.54) is 12.7 Å². The Hall–Kier alpha value is -1.88. The first-order valence-electron chi connectivity index (χ1n) is 5.96. The summed E-state index contributed by atoms with van der Waals surface area (Å²) in [6.07, 6.45) is 0. The zero-order valence-corrected chi connectivity index (χ0v) is 11.9. The van der Waals surface area contributed by atoms with E-state index in [4.69, 9.17) is 17.0 Å². The molecule has 0 fully saturated rings. The fourth-order valence-corrected chi connectivity index (χ4v) is 2.35. The number of allylic oxidation sites excluding steroid dienone is 1. The maximum Gasteiger partial charge on any atom is 0.337 e. The summed E-state index contributed by atoms with van der Waals surface area (Å²) >= 11 is 5.15. The van der Waals surface area contributed by atoms with E-state index < -0.39 is 0 Å². The molecular formula is C14H16N2O2S. The van der Waals surface area contributed by atoms with Crippen molar-refractivity contribution in [1.82, 2.24) is 10.6 Å². The van der Waals surface area contributed by atoms with Crippen molar-refractivity contribution in [3.8, 4) is 0 Å². The lowest BCUT2D eigenvalue weighted by atomic mass is 9.95. The van der Waals surface area contributed by atoms with E-state index in [1.807, 2.05) is 38.1 Å². The van der Waals surface area contributed by atoms with Gasteiger partial charge in [-0.1, -0.05) is 29.8 Å². The summed E-state index contributed by atoms with van der Waals surface area (Å²) in [7, 11) is 1.38. The zero-order chi connectivity index (χ0) is 14.0. The van der Waals surface area contributed by atoms with Crippen LogP contribution in [0.5, 0.6) is 0 Å². The van der Waals surface area contributed by atoms with Gasteiger partial charge in [0.05, 0.1) is 18.7 Å². The first-order valence-corrected chi connectivity index (χ1v) is 6.37. The molecule has 1 aliphatic rings. The van der Waals surface area contributed by atoms with Gasteiger partial charge in [-0.05, 0) is 31.6 Å². The number of hydrogen-bond donors (Lipinski definition) is 2. The van der Waals surface area contributed by atoms with Crippen LogP contribution in [0, 0.1) is 6.92 Å². The molecule has 5 heteroatoms. The zero-order valence-electron chi connectivity index (χ0n) is 11.1. The Morgan fingerprint density at radius 3 is 2.47 bits per heavy atom. The fourth-order valence-electron chi connectivity index (χ4n) is 2.08. The van der Waals surface area contributed by atoms with Crippen molar-refractivity contribution in [2.75, 3.05) is 7.11 Å². The van der Waals surface area contributed by atoms with Gasteiger partial charge in [-0.3, -0.25) is 0 Å². The molecule has 2 N–H and O–H groups in total. The quantitative estimate of drug-likeness (QED) is 0.639. The standard InChI is InChI=1S/C14H16N2O2S/c1-8-4-6-10(7-5-8)12-11(13(17)18-3)9(2)15-14(19)16-12/h4-7,12H,1-3H3,(H2,15,16,19)/t12-/m0/s1. The molecule has 1 aliphatic heterocycles. The second-order valence-corrected chi connectivity index (χ2v) is 4.88. The van der Waals surface area contributed by atoms with Crippen molar-refractivity contribution in [1.29, 1.82) is 0 Å². The molecule has 0 amide bonds. The summed E-state index contributed by atoms with van der Waals surface area (Å²) in [6, 6.07) is 7.70. The van der Waals surface area contributed by atoms with Crippen LogP contribution in [0.15, 0.2) is 35.5 Å². The molecule has 0 unspecified atom stereocenters. The van der Waals surface area contributed by atoms with Gasteiger partial charge >= 0.3 is 5.97 Å². The third kappa shape index (κ3) is 2.76. The van der Waals surface area contributed by atoms with Gasteiger partial charge in [0, 0.05) is 5.70 Å². The molecule has 100 valence electrons. The van der Waals surface area contributed by atoms with Crippen molar-refractivity contribution < 1.29 is 9.53 Å². The largest absolute Gasteiger partial charge is 0.466 e. The fraction of sp³-hybridized carbons (Fsp3) is 0.286. The Bertz CT molecular complexity index is 549. The number of aryl methyl sites for hydroxylation is 1. The number of thiocarbonyl (C=S) groups is 1. The van der Waals surface area contributed by atoms with Crippen molar-refractivity contribution in [3.63, 3.8) is 0 Å². The van der Waals surface area contributed by atoms with Crippen LogP contribution in [0.25, 0.3) is 0 Å². The van der Waals surface area contributed by atoms with Crippen LogP contribution in [0.4, 0.5) is 0 Å². The Labute approximate surface area is 117 Å². The third-order valence-corrected chi connectivity index (χ3v) is 3.31. The minimum atomic E-state index is -0.356. The van der Waals surface area contributed by atoms with E-state index in [9.17, 15) is 4.79 Å². The Balaban J connectivity index is 2.46. The predicted molar refractivity (Wildman–Crippen MR) is 77.5 cm³/mol. The second kappa shape index (κ2) is 5.40. The van der Waals surface area contributed by atoms with Gasteiger partial charge in [0.2, 0.25) is 0 Å². The van der Waals surface area contributed by atoms with Crippen LogP contribution < -0.4 is 10.6 Å². The maximum absolute atomic E-state index is 11.9. The molecule has 0 aliphatic carbocycles. The molecular weight excluding hydrogens is 260 g/mol. The third-order valence-electron chi connectivity index (χ3n) is 3.09. The van der Waals surface area contributed by atoms with Gasteiger partial charge in [-0.2, -0.15) is 0 Å². The van der Waals surface area contributed by atoms with Gasteiger partial charge in [-0.15, -0.1) is 0 Å². The van der Waals surface area contributed by atoms with Crippen molar-refractivity contribution in [3.05, 3.63) is 46.7 Å². The van der Waals surface area contributed by atoms with Crippen LogP contribution >= 0.6 is 12.2 Å². The van der Waals surface area contributed by atoms with Crippen LogP contribution in [0.1, 0.15) is 24.1 Å². The van der Waals surface area contributed by atoms with Gasteiger partial charge < -0.3 is 15.4 Å². The summed E-state index contributed by atoms with van der Waals surface area (Å²) in [5, 5.41) is 6.57. The average Bonchev–Trinajstić information content (AvgIpc) is 2.38. The number of methoxy groups -OCH3 is 1. The number of carbonyl (C=O) groups excluding carboxylic acids is 1. The van der Waals surface area contributed by atoms with Gasteiger partial charge in [-0.25, -0.2) is 4.79 Å². The summed E-state index contributed by atoms with van der Waals surface area (Å²) in [4.78, 5) is 11.9. The lowest BCUT2D eigenvalue weighted by molar-refractivity contribution is -0.136. The number of carbonyl (C=O) groups is 1. The molecule has 1 aromatic rings. The molecule has 0 spiro atoms. The van der Waals surface area contributed by atoms with Gasteiger partial charge in [0.25, 0.3) is 0 Å². The maximum atomic E-state index is 11.9. The highest BCUT2D eigenvalue weighted by atomic mass is 32.1. The number of hydrogen-bond acceptors (Lipinski definition) is 3. The van der Waals surface area contributed by atoms with E-state index in [1.54, 1.807) is 0 Å². The summed E-state index contributed by atoms with van der Waals surface area (Å²) in [6.45, 7) is 3.84. The minimum absolute atomic E-state index is 0.276. The minimum Gasteiger partial charge on any atom is -0.466 e. The lowest BCUT2D eigenvalue weighted by Crippen LogP contribution is -2.45. The molecule has 2 rings (SSSR count). The highest BCUT2D eigenvalue weighted by Gasteiger charge is 2.30. The lowest BCUT2D eigenvalue weighted by Gasteiger charge is -2.29. The molecule has 0 radical (unpaired) electrons. The first kappa shape index (κ1) is 13.5. The molecule has 1 atom stereocenters. The van der Waals surface area contributed by atoms with Crippen molar-refractivity contribution >= 4 is 23.3 Å². The monoisotopic (exact) mass is 276 g/mol. The SMILES string of the molecule is COC(=O)C1=C(C)NC(=S)N[C@H]1c1ccc(C)cc1. The predicted octanol–water partition coefficient (Wildman–Crippen LogP) is 1.96. The summed E-state index contributed by atoms with van der Waals surface area (Å²) < 4.78 is 4.85. The second-order valence-electron chi connectivity index (χ2n) is 4.47.